The fraction of sp³-hybridized carbons (Fsp3) is 0.357. The summed E-state index contributed by atoms with van der Waals surface area (Å²) in [6, 6.07) is 5.25. The maximum absolute atomic E-state index is 10.6. The minimum absolute atomic E-state index is 0.284. The Morgan fingerprint density at radius 2 is 1.55 bits per heavy atom. The summed E-state index contributed by atoms with van der Waals surface area (Å²) in [4.78, 5) is 31.4. The van der Waals surface area contributed by atoms with E-state index in [4.69, 9.17) is 28.0 Å². The number of amides is 2. The van der Waals surface area contributed by atoms with Crippen LogP contribution in [0.15, 0.2) is 24.3 Å². The van der Waals surface area contributed by atoms with Crippen molar-refractivity contribution in [2.24, 2.45) is 22.9 Å². The van der Waals surface area contributed by atoms with Gasteiger partial charge in [0.05, 0.1) is 0 Å². The van der Waals surface area contributed by atoms with Crippen LogP contribution in [0.25, 0.3) is 0 Å². The molecule has 1 atom stereocenters. The summed E-state index contributed by atoms with van der Waals surface area (Å²) >= 11 is 0. The van der Waals surface area contributed by atoms with E-state index in [9.17, 15) is 14.4 Å². The summed E-state index contributed by atoms with van der Waals surface area (Å²) in [5.41, 5.74) is 21.0. The lowest BCUT2D eigenvalue weighted by Gasteiger charge is -2.03. The maximum Gasteiger partial charge on any atom is 0.320 e. The molecule has 0 radical (unpaired) electrons. The molecular formula is C14H22N4O4. The van der Waals surface area contributed by atoms with Crippen molar-refractivity contribution in [3.05, 3.63) is 35.4 Å². The summed E-state index contributed by atoms with van der Waals surface area (Å²) in [5, 5.41) is 8.33. The van der Waals surface area contributed by atoms with Crippen molar-refractivity contribution in [2.45, 2.75) is 25.3 Å². The topological polar surface area (TPSA) is 176 Å². The molecule has 0 aliphatic carbocycles. The summed E-state index contributed by atoms with van der Waals surface area (Å²) < 4.78 is 0. The molecule has 9 N–H and O–H groups in total. The molecule has 0 aliphatic rings. The molecule has 0 fully saturated rings. The standard InChI is InChI=1S/C8H8N2O2.C6H14N2O2/c9-7(11)5-2-1-3-6(4-5)8(10)12;7-4-2-1-3-5(8)6(9)10/h1-4H,(H2,9,11)(H2,10,12);5H,1-4,7-8H2,(H,9,10). The van der Waals surface area contributed by atoms with Gasteiger partial charge in [0.15, 0.2) is 0 Å². The van der Waals surface area contributed by atoms with Gasteiger partial charge in [-0.3, -0.25) is 14.4 Å². The van der Waals surface area contributed by atoms with Crippen LogP contribution >= 0.6 is 0 Å². The van der Waals surface area contributed by atoms with Crippen molar-refractivity contribution < 1.29 is 19.5 Å². The van der Waals surface area contributed by atoms with Crippen LogP contribution in [0, 0.1) is 0 Å². The molecule has 0 aliphatic heterocycles. The molecule has 1 aromatic carbocycles. The number of aliphatic carboxylic acids is 1. The number of primary amides is 2. The molecule has 0 aromatic heterocycles. The molecule has 22 heavy (non-hydrogen) atoms. The zero-order chi connectivity index (χ0) is 17.1. The first kappa shape index (κ1) is 19.6. The highest BCUT2D eigenvalue weighted by atomic mass is 16.4. The van der Waals surface area contributed by atoms with Crippen LogP contribution in [0.3, 0.4) is 0 Å². The molecule has 0 saturated carbocycles. The highest BCUT2D eigenvalue weighted by Gasteiger charge is 2.09. The Morgan fingerprint density at radius 1 is 1.05 bits per heavy atom. The number of rotatable bonds is 7. The molecule has 8 heteroatoms. The van der Waals surface area contributed by atoms with E-state index < -0.39 is 23.8 Å². The Morgan fingerprint density at radius 3 is 1.91 bits per heavy atom. The van der Waals surface area contributed by atoms with Crippen LogP contribution in [0.1, 0.15) is 40.0 Å². The maximum atomic E-state index is 10.6. The lowest BCUT2D eigenvalue weighted by Crippen LogP contribution is -2.29. The van der Waals surface area contributed by atoms with Crippen molar-refractivity contribution in [3.63, 3.8) is 0 Å². The van der Waals surface area contributed by atoms with Gasteiger partial charge in [0.1, 0.15) is 6.04 Å². The smallest absolute Gasteiger partial charge is 0.320 e. The predicted molar refractivity (Wildman–Crippen MR) is 82.0 cm³/mol. The Kier molecular flexibility index (Phi) is 9.15. The number of hydrogen-bond acceptors (Lipinski definition) is 5. The summed E-state index contributed by atoms with van der Waals surface area (Å²) in [6.07, 6.45) is 2.16. The lowest BCUT2D eigenvalue weighted by molar-refractivity contribution is -0.138. The largest absolute Gasteiger partial charge is 0.480 e. The zero-order valence-electron chi connectivity index (χ0n) is 12.2. The fourth-order valence-corrected chi connectivity index (χ4v) is 1.46. The van der Waals surface area contributed by atoms with Gasteiger partial charge in [-0.05, 0) is 37.6 Å². The van der Waals surface area contributed by atoms with E-state index in [2.05, 4.69) is 0 Å². The van der Waals surface area contributed by atoms with Gasteiger partial charge >= 0.3 is 5.97 Å². The fourth-order valence-electron chi connectivity index (χ4n) is 1.46. The van der Waals surface area contributed by atoms with Crippen LogP contribution in [0.4, 0.5) is 0 Å². The SMILES string of the molecule is NC(=O)c1cccc(C(N)=O)c1.NCCCCC(N)C(=O)O. The van der Waals surface area contributed by atoms with E-state index in [1.807, 2.05) is 0 Å². The molecule has 1 aromatic rings. The van der Waals surface area contributed by atoms with Crippen LogP contribution in [0.2, 0.25) is 0 Å². The average molecular weight is 310 g/mol. The molecule has 0 spiro atoms. The quantitative estimate of drug-likeness (QED) is 0.420. The molecular weight excluding hydrogens is 288 g/mol. The van der Waals surface area contributed by atoms with Gasteiger partial charge in [0.2, 0.25) is 11.8 Å². The average Bonchev–Trinajstić information content (AvgIpc) is 2.48. The van der Waals surface area contributed by atoms with Crippen LogP contribution in [-0.2, 0) is 4.79 Å². The Balaban J connectivity index is 0.000000409. The Bertz CT molecular complexity index is 490. The first-order valence-corrected chi connectivity index (χ1v) is 6.67. The number of carbonyl (C=O) groups excluding carboxylic acids is 2. The van der Waals surface area contributed by atoms with Crippen molar-refractivity contribution in [1.29, 1.82) is 0 Å². The molecule has 0 saturated heterocycles. The normalized spacial score (nSPS) is 11.0. The molecule has 8 nitrogen and oxygen atoms in total. The molecule has 1 unspecified atom stereocenters. The minimum Gasteiger partial charge on any atom is -0.480 e. The second-order valence-corrected chi connectivity index (χ2v) is 4.54. The van der Waals surface area contributed by atoms with E-state index in [1.54, 1.807) is 6.07 Å². The van der Waals surface area contributed by atoms with Gasteiger partial charge in [0.25, 0.3) is 0 Å². The third-order valence-electron chi connectivity index (χ3n) is 2.72. The first-order chi connectivity index (χ1) is 10.3. The van der Waals surface area contributed by atoms with E-state index in [-0.39, 0.29) is 11.1 Å². The second-order valence-electron chi connectivity index (χ2n) is 4.54. The molecule has 0 bridgehead atoms. The molecule has 122 valence electrons. The molecule has 2 amide bonds. The van der Waals surface area contributed by atoms with E-state index in [0.717, 1.165) is 12.8 Å². The highest BCUT2D eigenvalue weighted by molar-refractivity contribution is 5.98. The third kappa shape index (κ3) is 7.98. The van der Waals surface area contributed by atoms with Gasteiger partial charge in [-0.25, -0.2) is 0 Å². The van der Waals surface area contributed by atoms with Crippen LogP contribution < -0.4 is 22.9 Å². The summed E-state index contributed by atoms with van der Waals surface area (Å²) in [7, 11) is 0. The number of carbonyl (C=O) groups is 3. The van der Waals surface area contributed by atoms with Crippen molar-refractivity contribution >= 4 is 17.8 Å². The first-order valence-electron chi connectivity index (χ1n) is 6.67. The van der Waals surface area contributed by atoms with Crippen LogP contribution in [0.5, 0.6) is 0 Å². The number of benzene rings is 1. The Labute approximate surface area is 128 Å². The predicted octanol–water partition coefficient (Wildman–Crippen LogP) is -0.588. The number of carboxylic acids is 1. The summed E-state index contributed by atoms with van der Waals surface area (Å²) in [6.45, 7) is 0.604. The van der Waals surface area contributed by atoms with Crippen LogP contribution in [-0.4, -0.2) is 35.5 Å². The van der Waals surface area contributed by atoms with Gasteiger partial charge < -0.3 is 28.0 Å². The van der Waals surface area contributed by atoms with Crippen molar-refractivity contribution in [3.8, 4) is 0 Å². The minimum atomic E-state index is -0.933. The second kappa shape index (κ2) is 10.3. The van der Waals surface area contributed by atoms with Gasteiger partial charge in [-0.15, -0.1) is 0 Å². The summed E-state index contributed by atoms with van der Waals surface area (Å²) in [5.74, 6) is -2.08. The Hall–Kier alpha value is -2.45. The monoisotopic (exact) mass is 310 g/mol. The number of hydrogen-bond donors (Lipinski definition) is 5. The molecule has 1 rings (SSSR count). The van der Waals surface area contributed by atoms with Gasteiger partial charge in [-0.1, -0.05) is 12.5 Å². The third-order valence-corrected chi connectivity index (χ3v) is 2.72. The van der Waals surface area contributed by atoms with E-state index >= 15 is 0 Å². The number of nitrogens with two attached hydrogens (primary N) is 4. The van der Waals surface area contributed by atoms with E-state index in [0.29, 0.717) is 13.0 Å². The number of unbranched alkanes of at least 4 members (excludes halogenated alkanes) is 1. The van der Waals surface area contributed by atoms with Gasteiger partial charge in [0, 0.05) is 11.1 Å². The molecule has 0 heterocycles. The van der Waals surface area contributed by atoms with Crippen molar-refractivity contribution in [1.82, 2.24) is 0 Å². The van der Waals surface area contributed by atoms with Gasteiger partial charge in [-0.2, -0.15) is 0 Å². The van der Waals surface area contributed by atoms with Crippen molar-refractivity contribution in [2.75, 3.05) is 6.54 Å². The highest BCUT2D eigenvalue weighted by Crippen LogP contribution is 2.03. The zero-order valence-corrected chi connectivity index (χ0v) is 12.2. The number of carboxylic acid groups (broad SMARTS) is 1. The lowest BCUT2D eigenvalue weighted by atomic mass is 10.1. The van der Waals surface area contributed by atoms with E-state index in [1.165, 1.54) is 18.2 Å².